The fraction of sp³-hybridized carbons (Fsp3) is 0.273. The number of nitrogens with one attached hydrogen (secondary N) is 2. The topological polar surface area (TPSA) is 100 Å². The number of para-hydroxylation sites is 1. The van der Waals surface area contributed by atoms with Crippen molar-refractivity contribution in [2.45, 2.75) is 31.8 Å². The van der Waals surface area contributed by atoms with Crippen molar-refractivity contribution in [3.8, 4) is 0 Å². The first-order valence-electron chi connectivity index (χ1n) is 9.95. The molecule has 2 heterocycles. The predicted octanol–water partition coefficient (Wildman–Crippen LogP) is 3.30. The van der Waals surface area contributed by atoms with E-state index in [0.717, 1.165) is 6.42 Å². The minimum absolute atomic E-state index is 0.0936. The zero-order chi connectivity index (χ0) is 20.8. The van der Waals surface area contributed by atoms with Gasteiger partial charge in [-0.15, -0.1) is 0 Å². The highest BCUT2D eigenvalue weighted by molar-refractivity contribution is 5.89. The first-order chi connectivity index (χ1) is 14.7. The zero-order valence-electron chi connectivity index (χ0n) is 16.5. The Morgan fingerprint density at radius 2 is 1.83 bits per heavy atom. The van der Waals surface area contributed by atoms with E-state index in [4.69, 9.17) is 4.52 Å². The van der Waals surface area contributed by atoms with Crippen LogP contribution in [0.2, 0.25) is 0 Å². The zero-order valence-corrected chi connectivity index (χ0v) is 16.5. The molecule has 1 fully saturated rings. The van der Waals surface area contributed by atoms with E-state index in [1.807, 2.05) is 48.5 Å². The number of rotatable bonds is 7. The predicted molar refractivity (Wildman–Crippen MR) is 110 cm³/mol. The molecule has 8 heteroatoms. The highest BCUT2D eigenvalue weighted by Crippen LogP contribution is 2.31. The number of carbonyl (C=O) groups is 2. The molecule has 1 aromatic heterocycles. The third-order valence-corrected chi connectivity index (χ3v) is 5.02. The number of hydrogen-bond acceptors (Lipinski definition) is 5. The van der Waals surface area contributed by atoms with Crippen LogP contribution in [0.25, 0.3) is 0 Å². The highest BCUT2D eigenvalue weighted by Gasteiger charge is 2.35. The van der Waals surface area contributed by atoms with Crippen LogP contribution in [0.15, 0.2) is 65.2 Å². The summed E-state index contributed by atoms with van der Waals surface area (Å²) in [7, 11) is 0. The molecule has 0 unspecified atom stereocenters. The van der Waals surface area contributed by atoms with E-state index in [0.29, 0.717) is 36.8 Å². The molecule has 3 aromatic rings. The van der Waals surface area contributed by atoms with Crippen LogP contribution < -0.4 is 10.6 Å². The smallest absolute Gasteiger partial charge is 0.319 e. The Morgan fingerprint density at radius 1 is 1.10 bits per heavy atom. The van der Waals surface area contributed by atoms with Crippen molar-refractivity contribution in [3.05, 3.63) is 77.9 Å². The first-order valence-corrected chi connectivity index (χ1v) is 9.95. The van der Waals surface area contributed by atoms with Crippen molar-refractivity contribution in [2.75, 3.05) is 11.9 Å². The lowest BCUT2D eigenvalue weighted by Gasteiger charge is -2.21. The molecular weight excluding hydrogens is 382 g/mol. The van der Waals surface area contributed by atoms with Crippen molar-refractivity contribution >= 4 is 17.6 Å². The number of amides is 3. The molecule has 0 radical (unpaired) electrons. The summed E-state index contributed by atoms with van der Waals surface area (Å²) in [6, 6.07) is 18.6. The number of anilines is 1. The van der Waals surface area contributed by atoms with Gasteiger partial charge in [0.1, 0.15) is 6.04 Å². The van der Waals surface area contributed by atoms with Gasteiger partial charge < -0.3 is 20.1 Å². The van der Waals surface area contributed by atoms with Crippen LogP contribution in [0, 0.1) is 0 Å². The molecule has 1 saturated heterocycles. The van der Waals surface area contributed by atoms with Gasteiger partial charge in [-0.05, 0) is 30.5 Å². The van der Waals surface area contributed by atoms with Gasteiger partial charge in [-0.3, -0.25) is 4.79 Å². The van der Waals surface area contributed by atoms with E-state index < -0.39 is 0 Å². The Hall–Kier alpha value is -3.68. The van der Waals surface area contributed by atoms with Gasteiger partial charge in [-0.2, -0.15) is 4.98 Å². The van der Waals surface area contributed by atoms with E-state index in [1.54, 1.807) is 17.0 Å². The Kier molecular flexibility index (Phi) is 6.03. The van der Waals surface area contributed by atoms with Crippen molar-refractivity contribution in [1.82, 2.24) is 20.4 Å². The monoisotopic (exact) mass is 405 g/mol. The first kappa shape index (κ1) is 19.6. The maximum absolute atomic E-state index is 12.3. The summed E-state index contributed by atoms with van der Waals surface area (Å²) in [5.41, 5.74) is 1.87. The van der Waals surface area contributed by atoms with E-state index in [9.17, 15) is 9.59 Å². The van der Waals surface area contributed by atoms with Gasteiger partial charge in [0.15, 0.2) is 5.82 Å². The normalized spacial score (nSPS) is 15.9. The molecule has 2 aromatic carbocycles. The van der Waals surface area contributed by atoms with E-state index in [2.05, 4.69) is 20.8 Å². The summed E-state index contributed by atoms with van der Waals surface area (Å²) in [5, 5.41) is 9.38. The fourth-order valence-corrected chi connectivity index (χ4v) is 3.50. The lowest BCUT2D eigenvalue weighted by Crippen LogP contribution is -2.30. The molecule has 0 saturated carbocycles. The molecule has 0 aliphatic carbocycles. The van der Waals surface area contributed by atoms with E-state index in [1.165, 1.54) is 5.56 Å². The molecule has 8 nitrogen and oxygen atoms in total. The molecule has 0 bridgehead atoms. The van der Waals surface area contributed by atoms with Crippen LogP contribution in [0.1, 0.15) is 36.2 Å². The fourth-order valence-electron chi connectivity index (χ4n) is 3.50. The van der Waals surface area contributed by atoms with Gasteiger partial charge in [0.25, 0.3) is 0 Å². The summed E-state index contributed by atoms with van der Waals surface area (Å²) in [4.78, 5) is 30.6. The van der Waals surface area contributed by atoms with Crippen LogP contribution >= 0.6 is 0 Å². The summed E-state index contributed by atoms with van der Waals surface area (Å²) in [5.74, 6) is 0.876. The number of nitrogens with zero attached hydrogens (tertiary/aromatic N) is 3. The number of aromatic nitrogens is 2. The third-order valence-electron chi connectivity index (χ3n) is 5.02. The van der Waals surface area contributed by atoms with Crippen LogP contribution in [-0.4, -0.2) is 33.5 Å². The maximum Gasteiger partial charge on any atom is 0.319 e. The number of urea groups is 1. The quantitative estimate of drug-likeness (QED) is 0.628. The lowest BCUT2D eigenvalue weighted by atomic mass is 10.1. The van der Waals surface area contributed by atoms with E-state index in [-0.39, 0.29) is 24.5 Å². The number of benzene rings is 2. The van der Waals surface area contributed by atoms with Crippen LogP contribution in [-0.2, 0) is 17.8 Å². The standard InChI is InChI=1S/C22H23N5O3/c28-20-12-11-18(27(20)14-13-16-7-3-1-4-8-16)21-25-19(26-30-21)15-23-22(29)24-17-9-5-2-6-10-17/h1-10,18H,11-15H2,(H2,23,24,29)/t18-/m0/s1. The minimum Gasteiger partial charge on any atom is -0.337 e. The molecule has 1 atom stereocenters. The Labute approximate surface area is 174 Å². The summed E-state index contributed by atoms with van der Waals surface area (Å²) < 4.78 is 5.40. The average Bonchev–Trinajstić information content (AvgIpc) is 3.38. The van der Waals surface area contributed by atoms with Crippen LogP contribution in [0.4, 0.5) is 10.5 Å². The largest absolute Gasteiger partial charge is 0.337 e. The average molecular weight is 405 g/mol. The highest BCUT2D eigenvalue weighted by atomic mass is 16.5. The second-order valence-corrected chi connectivity index (χ2v) is 7.10. The number of hydrogen-bond donors (Lipinski definition) is 2. The van der Waals surface area contributed by atoms with Crippen LogP contribution in [0.5, 0.6) is 0 Å². The SMILES string of the molecule is O=C(NCc1noc([C@@H]2CCC(=O)N2CCc2ccccc2)n1)Nc1ccccc1. The van der Waals surface area contributed by atoms with Crippen molar-refractivity contribution < 1.29 is 14.1 Å². The Balaban J connectivity index is 1.33. The van der Waals surface area contributed by atoms with Crippen molar-refractivity contribution in [1.29, 1.82) is 0 Å². The second kappa shape index (κ2) is 9.21. The molecule has 3 amide bonds. The Bertz CT molecular complexity index is 990. The maximum atomic E-state index is 12.3. The number of likely N-dealkylation sites (tertiary alicyclic amines) is 1. The molecule has 154 valence electrons. The number of carbonyl (C=O) groups excluding carboxylic acids is 2. The Morgan fingerprint density at radius 3 is 2.60 bits per heavy atom. The molecule has 2 N–H and O–H groups in total. The van der Waals surface area contributed by atoms with Gasteiger partial charge in [0.2, 0.25) is 11.8 Å². The van der Waals surface area contributed by atoms with Crippen LogP contribution in [0.3, 0.4) is 0 Å². The van der Waals surface area contributed by atoms with Crippen molar-refractivity contribution in [3.63, 3.8) is 0 Å². The molecular formula is C22H23N5O3. The van der Waals surface area contributed by atoms with Gasteiger partial charge >= 0.3 is 6.03 Å². The van der Waals surface area contributed by atoms with Gasteiger partial charge in [0.05, 0.1) is 6.54 Å². The third kappa shape index (κ3) is 4.83. The van der Waals surface area contributed by atoms with Gasteiger partial charge in [-0.25, -0.2) is 4.79 Å². The molecule has 30 heavy (non-hydrogen) atoms. The van der Waals surface area contributed by atoms with Gasteiger partial charge in [-0.1, -0.05) is 53.7 Å². The minimum atomic E-state index is -0.354. The molecule has 1 aliphatic heterocycles. The molecule has 1 aliphatic rings. The lowest BCUT2D eigenvalue weighted by molar-refractivity contribution is -0.129. The molecule has 0 spiro atoms. The van der Waals surface area contributed by atoms with Gasteiger partial charge in [0, 0.05) is 18.7 Å². The summed E-state index contributed by atoms with van der Waals surface area (Å²) in [6.07, 6.45) is 1.89. The second-order valence-electron chi connectivity index (χ2n) is 7.10. The van der Waals surface area contributed by atoms with E-state index >= 15 is 0 Å². The van der Waals surface area contributed by atoms with Crippen molar-refractivity contribution in [2.24, 2.45) is 0 Å². The summed E-state index contributed by atoms with van der Waals surface area (Å²) >= 11 is 0. The molecule has 4 rings (SSSR count). The summed E-state index contributed by atoms with van der Waals surface area (Å²) in [6.45, 7) is 0.732.